The van der Waals surface area contributed by atoms with Crippen LogP contribution in [0.2, 0.25) is 0 Å². The molecule has 1 nitrogen and oxygen atoms in total. The first-order valence-electron chi connectivity index (χ1n) is 3.36. The molecule has 0 aromatic carbocycles. The van der Waals surface area contributed by atoms with E-state index in [1.165, 1.54) is 12.0 Å². The van der Waals surface area contributed by atoms with E-state index in [1.807, 2.05) is 6.08 Å². The maximum Gasteiger partial charge on any atom is 0.00204 e. The van der Waals surface area contributed by atoms with Gasteiger partial charge in [-0.15, -0.1) is 0 Å². The molecule has 1 fully saturated rings. The third-order valence-corrected chi connectivity index (χ3v) is 1.85. The Kier molecular flexibility index (Phi) is 2.06. The summed E-state index contributed by atoms with van der Waals surface area (Å²) >= 11 is 0. The third-order valence-electron chi connectivity index (χ3n) is 1.85. The Morgan fingerprint density at radius 1 is 1.67 bits per heavy atom. The van der Waals surface area contributed by atoms with E-state index < -0.39 is 0 Å². The predicted octanol–water partition coefficient (Wildman–Crippen LogP) is 1.34. The molecule has 1 N–H and O–H groups in total. The lowest BCUT2D eigenvalue weighted by Gasteiger charge is -2.05. The van der Waals surface area contributed by atoms with Crippen LogP contribution in [0.15, 0.2) is 24.8 Å². The zero-order valence-electron chi connectivity index (χ0n) is 5.69. The van der Waals surface area contributed by atoms with Crippen LogP contribution in [-0.4, -0.2) is 13.1 Å². The van der Waals surface area contributed by atoms with Gasteiger partial charge in [0.1, 0.15) is 0 Å². The van der Waals surface area contributed by atoms with Gasteiger partial charge in [-0.05, 0) is 18.9 Å². The van der Waals surface area contributed by atoms with Crippen molar-refractivity contribution < 1.29 is 0 Å². The van der Waals surface area contributed by atoms with Gasteiger partial charge in [-0.25, -0.2) is 0 Å². The topological polar surface area (TPSA) is 12.0 Å². The molecule has 1 aliphatic heterocycles. The molecule has 9 heavy (non-hydrogen) atoms. The van der Waals surface area contributed by atoms with Gasteiger partial charge in [-0.3, -0.25) is 0 Å². The van der Waals surface area contributed by atoms with E-state index in [0.717, 1.165) is 13.1 Å². The van der Waals surface area contributed by atoms with E-state index in [1.54, 1.807) is 0 Å². The first-order chi connectivity index (χ1) is 4.34. The number of rotatable bonds is 2. The van der Waals surface area contributed by atoms with Crippen molar-refractivity contribution in [2.75, 3.05) is 13.1 Å². The van der Waals surface area contributed by atoms with Crippen molar-refractivity contribution in [2.24, 2.45) is 5.92 Å². The fraction of sp³-hybridized carbons (Fsp3) is 0.500. The van der Waals surface area contributed by atoms with Crippen LogP contribution in [0.25, 0.3) is 0 Å². The first kappa shape index (κ1) is 6.56. The highest BCUT2D eigenvalue weighted by Gasteiger charge is 2.14. The highest BCUT2D eigenvalue weighted by molar-refractivity contribution is 5.16. The maximum atomic E-state index is 3.90. The molecule has 0 amide bonds. The molecule has 0 saturated carbocycles. The average molecular weight is 123 g/mol. The predicted molar refractivity (Wildman–Crippen MR) is 40.3 cm³/mol. The normalized spacial score (nSPS) is 26.0. The fourth-order valence-corrected chi connectivity index (χ4v) is 1.14. The maximum absolute atomic E-state index is 3.90. The average Bonchev–Trinajstić information content (AvgIpc) is 2.37. The molecule has 1 aliphatic rings. The van der Waals surface area contributed by atoms with E-state index in [9.17, 15) is 0 Å². The third kappa shape index (κ3) is 1.42. The van der Waals surface area contributed by atoms with E-state index >= 15 is 0 Å². The van der Waals surface area contributed by atoms with Crippen LogP contribution in [0.5, 0.6) is 0 Å². The van der Waals surface area contributed by atoms with Gasteiger partial charge in [0.2, 0.25) is 0 Å². The standard InChI is InChI=1S/C8H13N/c1-3-7(2)8-4-5-9-6-8/h3,8-9H,1-2,4-6H2. The summed E-state index contributed by atoms with van der Waals surface area (Å²) in [6, 6.07) is 0. The zero-order chi connectivity index (χ0) is 6.69. The molecule has 50 valence electrons. The van der Waals surface area contributed by atoms with Crippen LogP contribution in [0.3, 0.4) is 0 Å². The Balaban J connectivity index is 2.41. The molecule has 1 unspecified atom stereocenters. The van der Waals surface area contributed by atoms with Crippen LogP contribution in [0.4, 0.5) is 0 Å². The molecule has 0 aromatic rings. The Labute approximate surface area is 56.5 Å². The molecule has 0 aliphatic carbocycles. The van der Waals surface area contributed by atoms with Gasteiger partial charge in [-0.1, -0.05) is 24.8 Å². The Morgan fingerprint density at radius 2 is 2.44 bits per heavy atom. The second kappa shape index (κ2) is 2.83. The summed E-state index contributed by atoms with van der Waals surface area (Å²) in [4.78, 5) is 0. The molecular weight excluding hydrogens is 110 g/mol. The Bertz CT molecular complexity index is 121. The van der Waals surface area contributed by atoms with Gasteiger partial charge >= 0.3 is 0 Å². The zero-order valence-corrected chi connectivity index (χ0v) is 5.69. The van der Waals surface area contributed by atoms with Crippen LogP contribution in [0, 0.1) is 5.92 Å². The van der Waals surface area contributed by atoms with E-state index in [2.05, 4.69) is 18.5 Å². The summed E-state index contributed by atoms with van der Waals surface area (Å²) in [6.45, 7) is 9.80. The lowest BCUT2D eigenvalue weighted by atomic mass is 10.0. The van der Waals surface area contributed by atoms with Crippen molar-refractivity contribution in [3.05, 3.63) is 24.8 Å². The molecule has 0 aromatic heterocycles. The summed E-state index contributed by atoms with van der Waals surface area (Å²) in [5, 5.41) is 3.28. The van der Waals surface area contributed by atoms with Gasteiger partial charge in [0.15, 0.2) is 0 Å². The number of hydrogen-bond acceptors (Lipinski definition) is 1. The van der Waals surface area contributed by atoms with Crippen LogP contribution in [-0.2, 0) is 0 Å². The minimum absolute atomic E-state index is 0.655. The number of allylic oxidation sites excluding steroid dienone is 1. The minimum Gasteiger partial charge on any atom is -0.316 e. The second-order valence-corrected chi connectivity index (χ2v) is 2.47. The highest BCUT2D eigenvalue weighted by Crippen LogP contribution is 2.16. The van der Waals surface area contributed by atoms with Crippen molar-refractivity contribution in [2.45, 2.75) is 6.42 Å². The van der Waals surface area contributed by atoms with Crippen LogP contribution < -0.4 is 5.32 Å². The monoisotopic (exact) mass is 123 g/mol. The van der Waals surface area contributed by atoms with Crippen molar-refractivity contribution in [3.8, 4) is 0 Å². The lowest BCUT2D eigenvalue weighted by Crippen LogP contribution is -2.09. The van der Waals surface area contributed by atoms with Crippen molar-refractivity contribution in [1.29, 1.82) is 0 Å². The first-order valence-corrected chi connectivity index (χ1v) is 3.36. The van der Waals surface area contributed by atoms with Gasteiger partial charge in [0, 0.05) is 6.54 Å². The number of hydrogen-bond donors (Lipinski definition) is 1. The van der Waals surface area contributed by atoms with Crippen LogP contribution in [0.1, 0.15) is 6.42 Å². The van der Waals surface area contributed by atoms with Crippen LogP contribution >= 0.6 is 0 Å². The van der Waals surface area contributed by atoms with E-state index in [-0.39, 0.29) is 0 Å². The highest BCUT2D eigenvalue weighted by atomic mass is 14.9. The molecule has 0 spiro atoms. The summed E-state index contributed by atoms with van der Waals surface area (Å²) in [6.07, 6.45) is 3.09. The quantitative estimate of drug-likeness (QED) is 0.546. The molecule has 0 bridgehead atoms. The van der Waals surface area contributed by atoms with Gasteiger partial charge < -0.3 is 5.32 Å². The van der Waals surface area contributed by atoms with Crippen molar-refractivity contribution in [3.63, 3.8) is 0 Å². The fourth-order valence-electron chi connectivity index (χ4n) is 1.14. The van der Waals surface area contributed by atoms with Crippen molar-refractivity contribution in [1.82, 2.24) is 5.32 Å². The summed E-state index contributed by atoms with van der Waals surface area (Å²) < 4.78 is 0. The summed E-state index contributed by atoms with van der Waals surface area (Å²) in [7, 11) is 0. The smallest absolute Gasteiger partial charge is 0.00204 e. The second-order valence-electron chi connectivity index (χ2n) is 2.47. The SMILES string of the molecule is C=CC(=C)C1CCNC1. The van der Waals surface area contributed by atoms with Gasteiger partial charge in [0.05, 0.1) is 0 Å². The number of nitrogens with one attached hydrogen (secondary N) is 1. The molecule has 1 heteroatoms. The Hall–Kier alpha value is -0.560. The molecule has 1 rings (SSSR count). The van der Waals surface area contributed by atoms with E-state index in [0.29, 0.717) is 5.92 Å². The Morgan fingerprint density at radius 3 is 2.89 bits per heavy atom. The minimum atomic E-state index is 0.655. The molecule has 1 heterocycles. The summed E-state index contributed by atoms with van der Waals surface area (Å²) in [5.41, 5.74) is 1.18. The van der Waals surface area contributed by atoms with Gasteiger partial charge in [0.25, 0.3) is 0 Å². The van der Waals surface area contributed by atoms with E-state index in [4.69, 9.17) is 0 Å². The summed E-state index contributed by atoms with van der Waals surface area (Å²) in [5.74, 6) is 0.655. The van der Waals surface area contributed by atoms with Gasteiger partial charge in [-0.2, -0.15) is 0 Å². The lowest BCUT2D eigenvalue weighted by molar-refractivity contribution is 0.701. The molecule has 1 saturated heterocycles. The molecule has 1 atom stereocenters. The van der Waals surface area contributed by atoms with Crippen molar-refractivity contribution >= 4 is 0 Å². The molecular formula is C8H13N. The largest absolute Gasteiger partial charge is 0.316 e. The molecule has 0 radical (unpaired) electrons.